The molecule has 3 atom stereocenters. The van der Waals surface area contributed by atoms with E-state index in [-0.39, 0.29) is 0 Å². The highest BCUT2D eigenvalue weighted by Crippen LogP contribution is 2.27. The van der Waals surface area contributed by atoms with Gasteiger partial charge in [-0.2, -0.15) is 0 Å². The fourth-order valence-corrected chi connectivity index (χ4v) is 3.32. The minimum Gasteiger partial charge on any atom is -0.312 e. The lowest BCUT2D eigenvalue weighted by Crippen LogP contribution is -2.47. The van der Waals surface area contributed by atoms with Crippen molar-refractivity contribution in [1.82, 2.24) is 10.2 Å². The molecule has 0 aromatic rings. The van der Waals surface area contributed by atoms with Crippen molar-refractivity contribution in [3.8, 4) is 0 Å². The van der Waals surface area contributed by atoms with Crippen molar-refractivity contribution >= 4 is 0 Å². The Hall–Kier alpha value is -0.0800. The van der Waals surface area contributed by atoms with Crippen molar-refractivity contribution < 1.29 is 0 Å². The highest BCUT2D eigenvalue weighted by molar-refractivity contribution is 4.88. The minimum atomic E-state index is 0.679. The van der Waals surface area contributed by atoms with Gasteiger partial charge in [-0.05, 0) is 46.0 Å². The smallest absolute Gasteiger partial charge is 0.0198 e. The average Bonchev–Trinajstić information content (AvgIpc) is 2.71. The normalized spacial score (nSPS) is 27.9. The largest absolute Gasteiger partial charge is 0.312 e. The number of rotatable bonds is 7. The summed E-state index contributed by atoms with van der Waals surface area (Å²) in [4.78, 5) is 2.75. The zero-order valence-corrected chi connectivity index (χ0v) is 12.5. The monoisotopic (exact) mass is 240 g/mol. The summed E-state index contributed by atoms with van der Waals surface area (Å²) in [5, 5.41) is 3.72. The topological polar surface area (TPSA) is 15.3 Å². The Labute approximate surface area is 108 Å². The van der Waals surface area contributed by atoms with Crippen molar-refractivity contribution in [3.63, 3.8) is 0 Å². The first-order valence-corrected chi connectivity index (χ1v) is 7.64. The van der Waals surface area contributed by atoms with Crippen molar-refractivity contribution in [2.75, 3.05) is 6.54 Å². The first kappa shape index (κ1) is 15.0. The summed E-state index contributed by atoms with van der Waals surface area (Å²) in [6.07, 6.45) is 6.58. The van der Waals surface area contributed by atoms with Crippen LogP contribution in [-0.4, -0.2) is 35.6 Å². The third-order valence-electron chi connectivity index (χ3n) is 4.52. The van der Waals surface area contributed by atoms with E-state index in [4.69, 9.17) is 0 Å². The average molecular weight is 240 g/mol. The molecule has 1 aliphatic heterocycles. The molecule has 0 aromatic heterocycles. The summed E-state index contributed by atoms with van der Waals surface area (Å²) in [5.74, 6) is 0. The molecule has 2 heteroatoms. The number of hydrogen-bond acceptors (Lipinski definition) is 2. The first-order valence-electron chi connectivity index (χ1n) is 7.64. The molecule has 102 valence electrons. The molecule has 0 aromatic carbocycles. The van der Waals surface area contributed by atoms with Crippen LogP contribution in [0.5, 0.6) is 0 Å². The van der Waals surface area contributed by atoms with Gasteiger partial charge < -0.3 is 5.32 Å². The van der Waals surface area contributed by atoms with Gasteiger partial charge in [0.2, 0.25) is 0 Å². The fraction of sp³-hybridized carbons (Fsp3) is 1.00. The zero-order valence-electron chi connectivity index (χ0n) is 12.5. The second kappa shape index (κ2) is 7.38. The Kier molecular flexibility index (Phi) is 6.50. The molecule has 0 radical (unpaired) electrons. The van der Waals surface area contributed by atoms with E-state index in [9.17, 15) is 0 Å². The van der Waals surface area contributed by atoms with E-state index in [2.05, 4.69) is 44.8 Å². The number of nitrogens with zero attached hydrogens (tertiary/aromatic N) is 1. The van der Waals surface area contributed by atoms with Gasteiger partial charge in [-0.25, -0.2) is 0 Å². The van der Waals surface area contributed by atoms with E-state index in [1.54, 1.807) is 0 Å². The summed E-state index contributed by atoms with van der Waals surface area (Å²) in [6.45, 7) is 12.8. The summed E-state index contributed by atoms with van der Waals surface area (Å²) < 4.78 is 0. The molecule has 1 rings (SSSR count). The molecule has 0 amide bonds. The van der Waals surface area contributed by atoms with Gasteiger partial charge in [0.25, 0.3) is 0 Å². The maximum atomic E-state index is 3.72. The van der Waals surface area contributed by atoms with Crippen LogP contribution in [0.3, 0.4) is 0 Å². The Morgan fingerprint density at radius 2 is 1.82 bits per heavy atom. The molecule has 1 heterocycles. The highest BCUT2D eigenvalue weighted by atomic mass is 15.2. The van der Waals surface area contributed by atoms with E-state index in [0.717, 1.165) is 18.6 Å². The van der Waals surface area contributed by atoms with Crippen LogP contribution < -0.4 is 5.32 Å². The van der Waals surface area contributed by atoms with Crippen molar-refractivity contribution in [2.24, 2.45) is 0 Å². The van der Waals surface area contributed by atoms with Crippen molar-refractivity contribution in [1.29, 1.82) is 0 Å². The molecule has 0 bridgehead atoms. The zero-order chi connectivity index (χ0) is 12.8. The molecule has 0 saturated carbocycles. The van der Waals surface area contributed by atoms with Crippen LogP contribution >= 0.6 is 0 Å². The van der Waals surface area contributed by atoms with Crippen LogP contribution in [0.1, 0.15) is 66.7 Å². The lowest BCUT2D eigenvalue weighted by molar-refractivity contribution is 0.138. The number of nitrogens with one attached hydrogen (secondary N) is 1. The van der Waals surface area contributed by atoms with Crippen molar-refractivity contribution in [3.05, 3.63) is 0 Å². The molecule has 1 fully saturated rings. The van der Waals surface area contributed by atoms with Crippen LogP contribution in [0.2, 0.25) is 0 Å². The quantitative estimate of drug-likeness (QED) is 0.733. The van der Waals surface area contributed by atoms with Crippen LogP contribution in [-0.2, 0) is 0 Å². The lowest BCUT2D eigenvalue weighted by Gasteiger charge is -2.35. The Morgan fingerprint density at radius 1 is 1.18 bits per heavy atom. The van der Waals surface area contributed by atoms with Crippen LogP contribution in [0.15, 0.2) is 0 Å². The molecule has 3 unspecified atom stereocenters. The van der Waals surface area contributed by atoms with Crippen molar-refractivity contribution in [2.45, 2.75) is 90.9 Å². The second-order valence-electron chi connectivity index (χ2n) is 5.71. The van der Waals surface area contributed by atoms with Gasteiger partial charge in [0.15, 0.2) is 0 Å². The van der Waals surface area contributed by atoms with Crippen LogP contribution in [0, 0.1) is 0 Å². The predicted octanol–water partition coefficient (Wildman–Crippen LogP) is 3.42. The molecule has 0 aliphatic carbocycles. The Bertz CT molecular complexity index is 201. The van der Waals surface area contributed by atoms with Gasteiger partial charge in [-0.1, -0.05) is 20.8 Å². The van der Waals surface area contributed by atoms with Crippen LogP contribution in [0.4, 0.5) is 0 Å². The maximum Gasteiger partial charge on any atom is 0.0198 e. The van der Waals surface area contributed by atoms with Crippen LogP contribution in [0.25, 0.3) is 0 Å². The molecule has 17 heavy (non-hydrogen) atoms. The van der Waals surface area contributed by atoms with E-state index < -0.39 is 0 Å². The second-order valence-corrected chi connectivity index (χ2v) is 5.71. The maximum absolute atomic E-state index is 3.72. The van der Waals surface area contributed by atoms with Gasteiger partial charge in [-0.3, -0.25) is 4.90 Å². The molecule has 1 aliphatic rings. The van der Waals surface area contributed by atoms with E-state index >= 15 is 0 Å². The van der Waals surface area contributed by atoms with Gasteiger partial charge in [0.1, 0.15) is 0 Å². The van der Waals surface area contributed by atoms with Gasteiger partial charge in [-0.15, -0.1) is 0 Å². The summed E-state index contributed by atoms with van der Waals surface area (Å²) in [6, 6.07) is 2.98. The lowest BCUT2D eigenvalue weighted by atomic mass is 10.1. The SMILES string of the molecule is CCC(CC)NCC(C)N1C(C)CCC1CC. The molecule has 0 spiro atoms. The molecular formula is C15H32N2. The minimum absolute atomic E-state index is 0.679. The Morgan fingerprint density at radius 3 is 2.35 bits per heavy atom. The summed E-state index contributed by atoms with van der Waals surface area (Å²) in [5.41, 5.74) is 0. The first-order chi connectivity index (χ1) is 8.13. The summed E-state index contributed by atoms with van der Waals surface area (Å²) in [7, 11) is 0. The van der Waals surface area contributed by atoms with E-state index in [0.29, 0.717) is 12.1 Å². The molecule has 1 N–H and O–H groups in total. The third-order valence-corrected chi connectivity index (χ3v) is 4.52. The number of hydrogen-bond donors (Lipinski definition) is 1. The van der Waals surface area contributed by atoms with Gasteiger partial charge in [0.05, 0.1) is 0 Å². The molecule has 1 saturated heterocycles. The molecule has 2 nitrogen and oxygen atoms in total. The van der Waals surface area contributed by atoms with E-state index in [1.165, 1.54) is 32.1 Å². The standard InChI is InChI=1S/C15H32N2/c1-6-14(7-2)16-11-13(5)17-12(4)9-10-15(17)8-3/h12-16H,6-11H2,1-5H3. The highest BCUT2D eigenvalue weighted by Gasteiger charge is 2.32. The predicted molar refractivity (Wildman–Crippen MR) is 76.4 cm³/mol. The summed E-state index contributed by atoms with van der Waals surface area (Å²) >= 11 is 0. The van der Waals surface area contributed by atoms with Gasteiger partial charge >= 0.3 is 0 Å². The molecular weight excluding hydrogens is 208 g/mol. The van der Waals surface area contributed by atoms with Gasteiger partial charge in [0, 0.05) is 30.7 Å². The van der Waals surface area contributed by atoms with E-state index in [1.807, 2.05) is 0 Å². The third kappa shape index (κ3) is 3.96. The fourth-order valence-electron chi connectivity index (χ4n) is 3.32. The Balaban J connectivity index is 2.42. The number of likely N-dealkylation sites (tertiary alicyclic amines) is 1.